The molecule has 2 aromatic rings. The summed E-state index contributed by atoms with van der Waals surface area (Å²) in [5, 5.41) is 12.3. The number of aliphatic carboxylic acids is 1. The first-order valence-electron chi connectivity index (χ1n) is 7.82. The number of carboxylic acid groups (broad SMARTS) is 1. The van der Waals surface area contributed by atoms with Crippen LogP contribution in [0, 0.1) is 13.8 Å². The van der Waals surface area contributed by atoms with E-state index in [1.807, 2.05) is 32.0 Å². The van der Waals surface area contributed by atoms with Gasteiger partial charge in [0.2, 0.25) is 0 Å². The molecule has 0 radical (unpaired) electrons. The van der Waals surface area contributed by atoms with Crippen LogP contribution in [0.15, 0.2) is 18.2 Å². The molecule has 0 unspecified atom stereocenters. The number of carboxylic acids is 1. The SMILES string of the molecule is Cc1cc(C)c2nc(C3CC3)cc(C(=O)N[C@@H](C)C(=O)O)c2c1. The van der Waals surface area contributed by atoms with Crippen LogP contribution in [-0.4, -0.2) is 28.0 Å². The Labute approximate surface area is 134 Å². The fourth-order valence-corrected chi connectivity index (χ4v) is 2.81. The van der Waals surface area contributed by atoms with Crippen molar-refractivity contribution >= 4 is 22.8 Å². The molecule has 1 saturated carbocycles. The Morgan fingerprint density at radius 3 is 2.57 bits per heavy atom. The topological polar surface area (TPSA) is 79.3 Å². The van der Waals surface area contributed by atoms with Gasteiger partial charge in [-0.25, -0.2) is 0 Å². The molecule has 3 rings (SSSR count). The summed E-state index contributed by atoms with van der Waals surface area (Å²) in [6, 6.07) is 4.88. The van der Waals surface area contributed by atoms with Crippen LogP contribution in [0.25, 0.3) is 10.9 Å². The number of rotatable bonds is 4. The number of nitrogens with zero attached hydrogens (tertiary/aromatic N) is 1. The van der Waals surface area contributed by atoms with Crippen LogP contribution >= 0.6 is 0 Å². The molecule has 23 heavy (non-hydrogen) atoms. The van der Waals surface area contributed by atoms with E-state index in [0.717, 1.165) is 40.6 Å². The lowest BCUT2D eigenvalue weighted by Crippen LogP contribution is -2.38. The molecule has 0 bridgehead atoms. The smallest absolute Gasteiger partial charge is 0.325 e. The van der Waals surface area contributed by atoms with E-state index >= 15 is 0 Å². The van der Waals surface area contributed by atoms with Gasteiger partial charge in [0.05, 0.1) is 11.1 Å². The van der Waals surface area contributed by atoms with Crippen LogP contribution in [0.1, 0.15) is 52.9 Å². The van der Waals surface area contributed by atoms with Crippen molar-refractivity contribution in [2.75, 3.05) is 0 Å². The molecule has 1 fully saturated rings. The zero-order valence-corrected chi connectivity index (χ0v) is 13.5. The standard InChI is InChI=1S/C18H20N2O3/c1-9-6-10(2)16-13(7-9)14(8-15(20-16)12-4-5-12)17(21)19-11(3)18(22)23/h6-8,11-12H,4-5H2,1-3H3,(H,19,21)(H,22,23)/t11-/m0/s1. The molecule has 1 atom stereocenters. The highest BCUT2D eigenvalue weighted by molar-refractivity contribution is 6.08. The van der Waals surface area contributed by atoms with E-state index in [1.165, 1.54) is 6.92 Å². The van der Waals surface area contributed by atoms with Gasteiger partial charge in [-0.05, 0) is 51.3 Å². The van der Waals surface area contributed by atoms with Crippen LogP contribution in [0.3, 0.4) is 0 Å². The normalized spacial score (nSPS) is 15.4. The Kier molecular flexibility index (Phi) is 3.80. The fraction of sp³-hybridized carbons (Fsp3) is 0.389. The number of fused-ring (bicyclic) bond motifs is 1. The van der Waals surface area contributed by atoms with Crippen molar-refractivity contribution in [2.24, 2.45) is 0 Å². The molecular weight excluding hydrogens is 292 g/mol. The summed E-state index contributed by atoms with van der Waals surface area (Å²) in [5.74, 6) is -0.991. The van der Waals surface area contributed by atoms with Gasteiger partial charge < -0.3 is 10.4 Å². The van der Waals surface area contributed by atoms with E-state index in [1.54, 1.807) is 0 Å². The average molecular weight is 312 g/mol. The number of amides is 1. The van der Waals surface area contributed by atoms with Gasteiger partial charge in [0.1, 0.15) is 6.04 Å². The first-order valence-corrected chi connectivity index (χ1v) is 7.82. The summed E-state index contributed by atoms with van der Waals surface area (Å²) in [6.45, 7) is 5.42. The number of pyridine rings is 1. The number of aryl methyl sites for hydroxylation is 2. The molecule has 1 heterocycles. The lowest BCUT2D eigenvalue weighted by Gasteiger charge is -2.14. The maximum absolute atomic E-state index is 12.6. The highest BCUT2D eigenvalue weighted by atomic mass is 16.4. The molecule has 1 aliphatic rings. The summed E-state index contributed by atoms with van der Waals surface area (Å²) in [5.41, 5.74) is 4.35. The Bertz CT molecular complexity index is 810. The van der Waals surface area contributed by atoms with Crippen LogP contribution in [0.2, 0.25) is 0 Å². The number of nitrogens with one attached hydrogen (secondary N) is 1. The predicted octanol–water partition coefficient (Wildman–Crippen LogP) is 2.93. The number of carbonyl (C=O) groups is 2. The summed E-state index contributed by atoms with van der Waals surface area (Å²) in [4.78, 5) is 28.3. The van der Waals surface area contributed by atoms with Crippen molar-refractivity contribution in [3.63, 3.8) is 0 Å². The zero-order chi connectivity index (χ0) is 16.7. The van der Waals surface area contributed by atoms with Crippen molar-refractivity contribution in [1.29, 1.82) is 0 Å². The summed E-state index contributed by atoms with van der Waals surface area (Å²) < 4.78 is 0. The second-order valence-electron chi connectivity index (χ2n) is 6.38. The van der Waals surface area contributed by atoms with Crippen LogP contribution in [0.4, 0.5) is 0 Å². The Hall–Kier alpha value is -2.43. The molecule has 0 spiro atoms. The van der Waals surface area contributed by atoms with Gasteiger partial charge in [0.15, 0.2) is 0 Å². The monoisotopic (exact) mass is 312 g/mol. The summed E-state index contributed by atoms with van der Waals surface area (Å²) >= 11 is 0. The minimum atomic E-state index is -1.05. The van der Waals surface area contributed by atoms with Crippen LogP contribution in [0.5, 0.6) is 0 Å². The largest absolute Gasteiger partial charge is 0.480 e. The van der Waals surface area contributed by atoms with E-state index in [9.17, 15) is 9.59 Å². The molecule has 1 amide bonds. The van der Waals surface area contributed by atoms with Gasteiger partial charge in [-0.15, -0.1) is 0 Å². The van der Waals surface area contributed by atoms with Gasteiger partial charge in [0, 0.05) is 17.0 Å². The average Bonchev–Trinajstić information content (AvgIpc) is 3.30. The number of hydrogen-bond acceptors (Lipinski definition) is 3. The molecule has 1 aromatic heterocycles. The third-order valence-corrected chi connectivity index (χ3v) is 4.23. The predicted molar refractivity (Wildman–Crippen MR) is 87.8 cm³/mol. The van der Waals surface area contributed by atoms with Crippen molar-refractivity contribution in [1.82, 2.24) is 10.3 Å². The van der Waals surface area contributed by atoms with Crippen LogP contribution in [-0.2, 0) is 4.79 Å². The third-order valence-electron chi connectivity index (χ3n) is 4.23. The quantitative estimate of drug-likeness (QED) is 0.909. The molecule has 5 heteroatoms. The number of hydrogen-bond donors (Lipinski definition) is 2. The molecule has 0 aliphatic heterocycles. The van der Waals surface area contributed by atoms with Crippen LogP contribution < -0.4 is 5.32 Å². The number of benzene rings is 1. The second-order valence-corrected chi connectivity index (χ2v) is 6.38. The van der Waals surface area contributed by atoms with Gasteiger partial charge in [-0.2, -0.15) is 0 Å². The summed E-state index contributed by atoms with van der Waals surface area (Å²) in [6.07, 6.45) is 2.19. The molecule has 0 saturated heterocycles. The molecule has 2 N–H and O–H groups in total. The second kappa shape index (κ2) is 5.65. The van der Waals surface area contributed by atoms with Crippen molar-refractivity contribution < 1.29 is 14.7 Å². The fourth-order valence-electron chi connectivity index (χ4n) is 2.81. The lowest BCUT2D eigenvalue weighted by molar-refractivity contribution is -0.138. The van der Waals surface area contributed by atoms with Gasteiger partial charge in [0.25, 0.3) is 5.91 Å². The van der Waals surface area contributed by atoms with E-state index < -0.39 is 12.0 Å². The summed E-state index contributed by atoms with van der Waals surface area (Å²) in [7, 11) is 0. The lowest BCUT2D eigenvalue weighted by atomic mass is 10.00. The van der Waals surface area contributed by atoms with Gasteiger partial charge in [-0.1, -0.05) is 11.6 Å². The molecule has 120 valence electrons. The minimum absolute atomic E-state index is 0.362. The minimum Gasteiger partial charge on any atom is -0.480 e. The van der Waals surface area contributed by atoms with Gasteiger partial charge >= 0.3 is 5.97 Å². The highest BCUT2D eigenvalue weighted by Gasteiger charge is 2.28. The molecule has 1 aromatic carbocycles. The first-order chi connectivity index (χ1) is 10.9. The van der Waals surface area contributed by atoms with E-state index in [0.29, 0.717) is 11.5 Å². The maximum atomic E-state index is 12.6. The molecule has 1 aliphatic carbocycles. The van der Waals surface area contributed by atoms with Gasteiger partial charge in [-0.3, -0.25) is 14.6 Å². The van der Waals surface area contributed by atoms with E-state index in [-0.39, 0.29) is 5.91 Å². The maximum Gasteiger partial charge on any atom is 0.325 e. The Morgan fingerprint density at radius 2 is 1.96 bits per heavy atom. The zero-order valence-electron chi connectivity index (χ0n) is 13.5. The van der Waals surface area contributed by atoms with Crippen molar-refractivity contribution in [3.05, 3.63) is 40.6 Å². The Balaban J connectivity index is 2.13. The number of carbonyl (C=O) groups excluding carboxylic acids is 1. The molecular formula is C18H20N2O3. The van der Waals surface area contributed by atoms with Crippen molar-refractivity contribution in [3.8, 4) is 0 Å². The van der Waals surface area contributed by atoms with E-state index in [4.69, 9.17) is 10.1 Å². The highest BCUT2D eigenvalue weighted by Crippen LogP contribution is 2.40. The van der Waals surface area contributed by atoms with Crippen molar-refractivity contribution in [2.45, 2.75) is 45.6 Å². The molecule has 5 nitrogen and oxygen atoms in total. The Morgan fingerprint density at radius 1 is 1.26 bits per heavy atom. The third kappa shape index (κ3) is 3.04. The number of aromatic nitrogens is 1. The van der Waals surface area contributed by atoms with E-state index in [2.05, 4.69) is 5.32 Å². The first kappa shape index (κ1) is 15.5.